The molecule has 0 bridgehead atoms. The molecule has 2 aromatic rings. The molecule has 0 heterocycles. The van der Waals surface area contributed by atoms with Crippen molar-refractivity contribution in [3.05, 3.63) is 58.9 Å². The molecule has 0 radical (unpaired) electrons. The minimum Gasteiger partial charge on any atom is -0.207 e. The van der Waals surface area contributed by atoms with Gasteiger partial charge in [-0.25, -0.2) is 4.39 Å². The SMILES string of the molecule is N#Cc1ccc(-c2cccc(F)c2)c(Cl)c1. The number of rotatable bonds is 1. The molecule has 2 rings (SSSR count). The molecule has 0 saturated heterocycles. The average molecular weight is 232 g/mol. The van der Waals surface area contributed by atoms with E-state index in [1.165, 1.54) is 12.1 Å². The first-order valence-corrected chi connectivity index (χ1v) is 5.04. The van der Waals surface area contributed by atoms with Gasteiger partial charge in [-0.2, -0.15) is 5.26 Å². The molecule has 16 heavy (non-hydrogen) atoms. The largest absolute Gasteiger partial charge is 0.207 e. The smallest absolute Gasteiger partial charge is 0.123 e. The number of halogens is 2. The molecule has 0 aliphatic carbocycles. The molecule has 3 heteroatoms. The van der Waals surface area contributed by atoms with E-state index in [9.17, 15) is 4.39 Å². The van der Waals surface area contributed by atoms with Gasteiger partial charge in [-0.3, -0.25) is 0 Å². The second-order valence-corrected chi connectivity index (χ2v) is 3.72. The fourth-order valence-electron chi connectivity index (χ4n) is 1.47. The van der Waals surface area contributed by atoms with Crippen LogP contribution in [0.15, 0.2) is 42.5 Å². The molecule has 0 atom stereocenters. The quantitative estimate of drug-likeness (QED) is 0.727. The average Bonchev–Trinajstić information content (AvgIpc) is 2.28. The third-order valence-electron chi connectivity index (χ3n) is 2.23. The second kappa shape index (κ2) is 4.34. The normalized spacial score (nSPS) is 9.81. The van der Waals surface area contributed by atoms with Crippen LogP contribution in [0.2, 0.25) is 5.02 Å². The summed E-state index contributed by atoms with van der Waals surface area (Å²) in [7, 11) is 0. The number of hydrogen-bond acceptors (Lipinski definition) is 1. The molecule has 0 fully saturated rings. The third kappa shape index (κ3) is 2.05. The molecule has 0 unspecified atom stereocenters. The summed E-state index contributed by atoms with van der Waals surface area (Å²) in [5, 5.41) is 9.15. The molecule has 0 N–H and O–H groups in total. The van der Waals surface area contributed by atoms with Crippen molar-refractivity contribution < 1.29 is 4.39 Å². The van der Waals surface area contributed by atoms with Gasteiger partial charge in [-0.1, -0.05) is 29.8 Å². The maximum Gasteiger partial charge on any atom is 0.123 e. The summed E-state index contributed by atoms with van der Waals surface area (Å²) in [6.07, 6.45) is 0. The first-order valence-electron chi connectivity index (χ1n) is 4.66. The van der Waals surface area contributed by atoms with Crippen LogP contribution in [-0.2, 0) is 0 Å². The van der Waals surface area contributed by atoms with Crippen LogP contribution in [0.1, 0.15) is 5.56 Å². The lowest BCUT2D eigenvalue weighted by molar-refractivity contribution is 0.628. The molecule has 0 spiro atoms. The zero-order chi connectivity index (χ0) is 11.5. The van der Waals surface area contributed by atoms with Gasteiger partial charge in [0.05, 0.1) is 11.6 Å². The van der Waals surface area contributed by atoms with E-state index in [1.807, 2.05) is 6.07 Å². The van der Waals surface area contributed by atoms with Gasteiger partial charge in [0, 0.05) is 10.6 Å². The summed E-state index contributed by atoms with van der Waals surface area (Å²) in [4.78, 5) is 0. The van der Waals surface area contributed by atoms with E-state index >= 15 is 0 Å². The Morgan fingerprint density at radius 3 is 2.56 bits per heavy atom. The molecular formula is C13H7ClFN. The minimum absolute atomic E-state index is 0.307. The lowest BCUT2D eigenvalue weighted by Gasteiger charge is -2.04. The maximum absolute atomic E-state index is 13.0. The van der Waals surface area contributed by atoms with Crippen molar-refractivity contribution in [3.8, 4) is 17.2 Å². The van der Waals surface area contributed by atoms with Crippen LogP contribution in [0.4, 0.5) is 4.39 Å². The van der Waals surface area contributed by atoms with Crippen LogP contribution in [0.3, 0.4) is 0 Å². The van der Waals surface area contributed by atoms with Crippen LogP contribution >= 0.6 is 11.6 Å². The van der Waals surface area contributed by atoms with E-state index in [-0.39, 0.29) is 5.82 Å². The Bertz CT molecular complexity index is 572. The number of nitrogens with zero attached hydrogens (tertiary/aromatic N) is 1. The Balaban J connectivity index is 2.53. The molecular weight excluding hydrogens is 225 g/mol. The van der Waals surface area contributed by atoms with Gasteiger partial charge in [0.15, 0.2) is 0 Å². The fraction of sp³-hybridized carbons (Fsp3) is 0. The van der Waals surface area contributed by atoms with Crippen molar-refractivity contribution in [2.75, 3.05) is 0 Å². The molecule has 0 aliphatic heterocycles. The Kier molecular flexibility index (Phi) is 2.89. The Morgan fingerprint density at radius 1 is 1.12 bits per heavy atom. The lowest BCUT2D eigenvalue weighted by Crippen LogP contribution is -1.83. The summed E-state index contributed by atoms with van der Waals surface area (Å²) in [6, 6.07) is 13.1. The highest BCUT2D eigenvalue weighted by Crippen LogP contribution is 2.28. The van der Waals surface area contributed by atoms with Crippen molar-refractivity contribution in [3.63, 3.8) is 0 Å². The van der Waals surface area contributed by atoms with Gasteiger partial charge >= 0.3 is 0 Å². The van der Waals surface area contributed by atoms with Gasteiger partial charge in [0.2, 0.25) is 0 Å². The van der Waals surface area contributed by atoms with E-state index in [2.05, 4.69) is 0 Å². The van der Waals surface area contributed by atoms with Crippen LogP contribution in [0.5, 0.6) is 0 Å². The first kappa shape index (κ1) is 10.7. The highest BCUT2D eigenvalue weighted by molar-refractivity contribution is 6.33. The van der Waals surface area contributed by atoms with Crippen molar-refractivity contribution in [2.24, 2.45) is 0 Å². The maximum atomic E-state index is 13.0. The molecule has 78 valence electrons. The highest BCUT2D eigenvalue weighted by atomic mass is 35.5. The predicted octanol–water partition coefficient (Wildman–Crippen LogP) is 4.02. The minimum atomic E-state index is -0.307. The summed E-state index contributed by atoms with van der Waals surface area (Å²) < 4.78 is 13.0. The molecule has 2 aromatic carbocycles. The van der Waals surface area contributed by atoms with E-state index in [1.54, 1.807) is 30.3 Å². The first-order chi connectivity index (χ1) is 7.70. The van der Waals surface area contributed by atoms with Crippen molar-refractivity contribution in [2.45, 2.75) is 0 Å². The summed E-state index contributed by atoms with van der Waals surface area (Å²) in [5.74, 6) is -0.307. The zero-order valence-electron chi connectivity index (χ0n) is 8.24. The van der Waals surface area contributed by atoms with Crippen LogP contribution < -0.4 is 0 Å². The predicted molar refractivity (Wildman–Crippen MR) is 61.6 cm³/mol. The Hall–Kier alpha value is -1.85. The van der Waals surface area contributed by atoms with Gasteiger partial charge in [-0.15, -0.1) is 0 Å². The van der Waals surface area contributed by atoms with Crippen LogP contribution in [0.25, 0.3) is 11.1 Å². The zero-order valence-corrected chi connectivity index (χ0v) is 9.00. The number of nitriles is 1. The van der Waals surface area contributed by atoms with Gasteiger partial charge in [0.25, 0.3) is 0 Å². The topological polar surface area (TPSA) is 23.8 Å². The monoisotopic (exact) mass is 231 g/mol. The molecule has 0 aliphatic rings. The van der Waals surface area contributed by atoms with E-state index in [0.717, 1.165) is 5.56 Å². The van der Waals surface area contributed by atoms with E-state index in [4.69, 9.17) is 16.9 Å². The number of benzene rings is 2. The Labute approximate surface area is 97.7 Å². The van der Waals surface area contributed by atoms with Gasteiger partial charge in [0.1, 0.15) is 5.82 Å². The van der Waals surface area contributed by atoms with E-state index < -0.39 is 0 Å². The van der Waals surface area contributed by atoms with Crippen LogP contribution in [0, 0.1) is 17.1 Å². The summed E-state index contributed by atoms with van der Waals surface area (Å²) in [6.45, 7) is 0. The molecule has 1 nitrogen and oxygen atoms in total. The highest BCUT2D eigenvalue weighted by Gasteiger charge is 2.05. The van der Waals surface area contributed by atoms with Crippen LogP contribution in [-0.4, -0.2) is 0 Å². The van der Waals surface area contributed by atoms with Crippen molar-refractivity contribution >= 4 is 11.6 Å². The Morgan fingerprint density at radius 2 is 1.94 bits per heavy atom. The van der Waals surface area contributed by atoms with Gasteiger partial charge in [-0.05, 0) is 29.8 Å². The number of hydrogen-bond donors (Lipinski definition) is 0. The van der Waals surface area contributed by atoms with Gasteiger partial charge < -0.3 is 0 Å². The van der Waals surface area contributed by atoms with Crippen molar-refractivity contribution in [1.82, 2.24) is 0 Å². The van der Waals surface area contributed by atoms with Crippen molar-refractivity contribution in [1.29, 1.82) is 5.26 Å². The fourth-order valence-corrected chi connectivity index (χ4v) is 1.76. The molecule has 0 aromatic heterocycles. The second-order valence-electron chi connectivity index (χ2n) is 3.32. The lowest BCUT2D eigenvalue weighted by atomic mass is 10.0. The third-order valence-corrected chi connectivity index (χ3v) is 2.55. The standard InChI is InChI=1S/C13H7ClFN/c14-13-6-9(8-16)4-5-12(13)10-2-1-3-11(15)7-10/h1-7H. The van der Waals surface area contributed by atoms with E-state index in [0.29, 0.717) is 16.1 Å². The molecule has 0 saturated carbocycles. The summed E-state index contributed by atoms with van der Waals surface area (Å²) >= 11 is 6.02. The summed E-state index contributed by atoms with van der Waals surface area (Å²) in [5.41, 5.74) is 1.92. The molecule has 0 amide bonds.